The molecule has 1 amide bonds. The van der Waals surface area contributed by atoms with Gasteiger partial charge in [-0.25, -0.2) is 13.8 Å². The average Bonchev–Trinajstić information content (AvgIpc) is 2.91. The Morgan fingerprint density at radius 3 is 2.95 bits per heavy atom. The second-order valence-corrected chi connectivity index (χ2v) is 5.49. The summed E-state index contributed by atoms with van der Waals surface area (Å²) in [7, 11) is 1.47. The van der Waals surface area contributed by atoms with E-state index in [1.54, 1.807) is 0 Å². The Hall–Kier alpha value is -2.21. The van der Waals surface area contributed by atoms with E-state index >= 15 is 0 Å². The first kappa shape index (κ1) is 14.7. The van der Waals surface area contributed by atoms with Crippen LogP contribution in [0.5, 0.6) is 0 Å². The van der Waals surface area contributed by atoms with Gasteiger partial charge in [0, 0.05) is 18.5 Å². The summed E-state index contributed by atoms with van der Waals surface area (Å²) in [6.45, 7) is 0. The summed E-state index contributed by atoms with van der Waals surface area (Å²) in [6, 6.07) is 4.72. The molecule has 4 nitrogen and oxygen atoms in total. The Morgan fingerprint density at radius 1 is 1.41 bits per heavy atom. The number of anilines is 2. The molecule has 2 heterocycles. The Bertz CT molecular complexity index is 754. The van der Waals surface area contributed by atoms with Crippen LogP contribution in [0.3, 0.4) is 0 Å². The summed E-state index contributed by atoms with van der Waals surface area (Å²) < 4.78 is 27.0. The molecule has 1 aromatic carbocycles. The van der Waals surface area contributed by atoms with Gasteiger partial charge >= 0.3 is 0 Å². The van der Waals surface area contributed by atoms with Gasteiger partial charge in [-0.1, -0.05) is 11.6 Å². The molecule has 7 heteroatoms. The van der Waals surface area contributed by atoms with Crippen molar-refractivity contribution in [3.63, 3.8) is 0 Å². The molecule has 0 radical (unpaired) electrons. The number of likely N-dealkylation sites (N-methyl/N-ethyl adjacent to an activating group) is 1. The van der Waals surface area contributed by atoms with Crippen LogP contribution in [0.25, 0.3) is 0 Å². The number of halogens is 3. The normalized spacial score (nSPS) is 16.1. The lowest BCUT2D eigenvalue weighted by Gasteiger charge is -2.22. The van der Waals surface area contributed by atoms with Gasteiger partial charge in [0.15, 0.2) is 0 Å². The standard InChI is InChI=1S/C15H12ClF2N3O/c1-21(13-6-9(16)2-3-11(13)18)15(22)12-5-8-4-10(17)7-19-14(8)20-12/h2-4,6-7,12H,5H2,1H3,(H,19,20). The van der Waals surface area contributed by atoms with E-state index in [9.17, 15) is 13.6 Å². The van der Waals surface area contributed by atoms with Crippen LogP contribution in [0.4, 0.5) is 20.3 Å². The van der Waals surface area contributed by atoms with Crippen molar-refractivity contribution in [3.8, 4) is 0 Å². The lowest BCUT2D eigenvalue weighted by Crippen LogP contribution is -2.40. The largest absolute Gasteiger partial charge is 0.358 e. The van der Waals surface area contributed by atoms with Crippen LogP contribution in [0.2, 0.25) is 5.02 Å². The summed E-state index contributed by atoms with van der Waals surface area (Å²) >= 11 is 5.84. The number of pyridine rings is 1. The minimum absolute atomic E-state index is 0.0920. The van der Waals surface area contributed by atoms with E-state index in [2.05, 4.69) is 10.3 Å². The molecule has 1 atom stereocenters. The molecule has 3 rings (SSSR count). The highest BCUT2D eigenvalue weighted by Gasteiger charge is 2.31. The van der Waals surface area contributed by atoms with E-state index in [1.165, 1.54) is 36.2 Å². The number of carbonyl (C=O) groups excluding carboxylic acids is 1. The summed E-state index contributed by atoms with van der Waals surface area (Å²) in [4.78, 5) is 17.6. The number of benzene rings is 1. The molecule has 1 N–H and O–H groups in total. The molecule has 1 aromatic heterocycles. The fraction of sp³-hybridized carbons (Fsp3) is 0.200. The van der Waals surface area contributed by atoms with Crippen molar-refractivity contribution in [2.75, 3.05) is 17.3 Å². The smallest absolute Gasteiger partial charge is 0.249 e. The summed E-state index contributed by atoms with van der Waals surface area (Å²) in [5, 5.41) is 3.26. The number of fused-ring (bicyclic) bond motifs is 1. The van der Waals surface area contributed by atoms with Crippen molar-refractivity contribution in [1.29, 1.82) is 0 Å². The van der Waals surface area contributed by atoms with Crippen LogP contribution in [0.15, 0.2) is 30.5 Å². The van der Waals surface area contributed by atoms with E-state index in [4.69, 9.17) is 11.6 Å². The topological polar surface area (TPSA) is 45.2 Å². The van der Waals surface area contributed by atoms with Crippen LogP contribution >= 0.6 is 11.6 Å². The fourth-order valence-corrected chi connectivity index (χ4v) is 2.61. The first-order valence-electron chi connectivity index (χ1n) is 6.59. The summed E-state index contributed by atoms with van der Waals surface area (Å²) in [5.41, 5.74) is 0.715. The van der Waals surface area contributed by atoms with Crippen LogP contribution < -0.4 is 10.2 Å². The molecule has 114 valence electrons. The number of amides is 1. The van der Waals surface area contributed by atoms with Gasteiger partial charge in [0.2, 0.25) is 5.91 Å². The lowest BCUT2D eigenvalue weighted by atomic mass is 10.1. The van der Waals surface area contributed by atoms with Gasteiger partial charge in [0.05, 0.1) is 11.9 Å². The third kappa shape index (κ3) is 2.62. The maximum absolute atomic E-state index is 13.8. The molecule has 0 saturated heterocycles. The Balaban J connectivity index is 1.82. The highest BCUT2D eigenvalue weighted by atomic mass is 35.5. The monoisotopic (exact) mass is 323 g/mol. The molecule has 2 aromatic rings. The Morgan fingerprint density at radius 2 is 2.18 bits per heavy atom. The highest BCUT2D eigenvalue weighted by Crippen LogP contribution is 2.28. The van der Waals surface area contributed by atoms with Crippen molar-refractivity contribution in [1.82, 2.24) is 4.98 Å². The van der Waals surface area contributed by atoms with E-state index in [1.807, 2.05) is 0 Å². The first-order valence-corrected chi connectivity index (χ1v) is 6.97. The molecule has 1 unspecified atom stereocenters. The molecule has 0 spiro atoms. The van der Waals surface area contributed by atoms with E-state index in [0.717, 1.165) is 6.20 Å². The maximum Gasteiger partial charge on any atom is 0.249 e. The molecular weight excluding hydrogens is 312 g/mol. The molecule has 0 bridgehead atoms. The second-order valence-electron chi connectivity index (χ2n) is 5.06. The number of hydrogen-bond acceptors (Lipinski definition) is 3. The molecular formula is C15H12ClF2N3O. The number of aromatic nitrogens is 1. The van der Waals surface area contributed by atoms with Crippen molar-refractivity contribution in [2.24, 2.45) is 0 Å². The van der Waals surface area contributed by atoms with Crippen LogP contribution in [-0.2, 0) is 11.2 Å². The molecule has 0 fully saturated rings. The lowest BCUT2D eigenvalue weighted by molar-refractivity contribution is -0.118. The zero-order valence-corrected chi connectivity index (χ0v) is 12.4. The van der Waals surface area contributed by atoms with Gasteiger partial charge in [0.1, 0.15) is 23.5 Å². The van der Waals surface area contributed by atoms with Gasteiger partial charge in [0.25, 0.3) is 0 Å². The van der Waals surface area contributed by atoms with Gasteiger partial charge < -0.3 is 10.2 Å². The van der Waals surface area contributed by atoms with Gasteiger partial charge in [-0.2, -0.15) is 0 Å². The zero-order valence-electron chi connectivity index (χ0n) is 11.6. The molecule has 1 aliphatic rings. The average molecular weight is 324 g/mol. The SMILES string of the molecule is CN(C(=O)C1Cc2cc(F)cnc2N1)c1cc(Cl)ccc1F. The van der Waals surface area contributed by atoms with Gasteiger partial charge in [-0.05, 0) is 29.8 Å². The van der Waals surface area contributed by atoms with E-state index < -0.39 is 17.7 Å². The minimum Gasteiger partial charge on any atom is -0.358 e. The minimum atomic E-state index is -0.618. The van der Waals surface area contributed by atoms with Crippen LogP contribution in [-0.4, -0.2) is 24.0 Å². The summed E-state index contributed by atoms with van der Waals surface area (Å²) in [5.74, 6) is -0.873. The fourth-order valence-electron chi connectivity index (χ4n) is 2.45. The first-order chi connectivity index (χ1) is 10.5. The quantitative estimate of drug-likeness (QED) is 0.924. The van der Waals surface area contributed by atoms with Crippen LogP contribution in [0, 0.1) is 11.6 Å². The highest BCUT2D eigenvalue weighted by molar-refractivity contribution is 6.31. The number of hydrogen-bond donors (Lipinski definition) is 1. The van der Waals surface area contributed by atoms with Crippen molar-refractivity contribution < 1.29 is 13.6 Å². The Labute approximate surface area is 130 Å². The second kappa shape index (κ2) is 5.53. The predicted molar refractivity (Wildman–Crippen MR) is 80.1 cm³/mol. The van der Waals surface area contributed by atoms with E-state index in [-0.39, 0.29) is 11.6 Å². The van der Waals surface area contributed by atoms with Gasteiger partial charge in [-0.3, -0.25) is 4.79 Å². The molecule has 0 aliphatic carbocycles. The summed E-state index contributed by atoms with van der Waals surface area (Å²) in [6.07, 6.45) is 1.38. The van der Waals surface area contributed by atoms with Crippen molar-refractivity contribution in [3.05, 3.63) is 52.7 Å². The Kier molecular flexibility index (Phi) is 3.70. The van der Waals surface area contributed by atoms with Crippen LogP contribution in [0.1, 0.15) is 5.56 Å². The molecule has 0 saturated carbocycles. The van der Waals surface area contributed by atoms with Gasteiger partial charge in [-0.15, -0.1) is 0 Å². The molecule has 22 heavy (non-hydrogen) atoms. The maximum atomic E-state index is 13.8. The number of rotatable bonds is 2. The zero-order chi connectivity index (χ0) is 15.9. The molecule has 1 aliphatic heterocycles. The third-order valence-corrected chi connectivity index (χ3v) is 3.80. The number of nitrogens with zero attached hydrogens (tertiary/aromatic N) is 2. The van der Waals surface area contributed by atoms with E-state index in [0.29, 0.717) is 22.8 Å². The number of nitrogens with one attached hydrogen (secondary N) is 1. The number of carbonyl (C=O) groups is 1. The van der Waals surface area contributed by atoms with Crippen molar-refractivity contribution >= 4 is 29.0 Å². The predicted octanol–water partition coefficient (Wildman–Crippen LogP) is 3.01. The third-order valence-electron chi connectivity index (χ3n) is 3.57. The van der Waals surface area contributed by atoms with Crippen molar-refractivity contribution in [2.45, 2.75) is 12.5 Å².